The lowest BCUT2D eigenvalue weighted by Gasteiger charge is -2.22. The van der Waals surface area contributed by atoms with Gasteiger partial charge >= 0.3 is 0 Å². The van der Waals surface area contributed by atoms with Gasteiger partial charge in [0.1, 0.15) is 10.7 Å². The lowest BCUT2D eigenvalue weighted by Crippen LogP contribution is -2.32. The van der Waals surface area contributed by atoms with Crippen molar-refractivity contribution < 1.29 is 13.2 Å². The van der Waals surface area contributed by atoms with Crippen LogP contribution in [0.3, 0.4) is 0 Å². The number of nitrogens with two attached hydrogens (primary N) is 1. The predicted molar refractivity (Wildman–Crippen MR) is 67.4 cm³/mol. The number of aromatic nitrogens is 1. The lowest BCUT2D eigenvalue weighted by atomic mass is 10.0. The van der Waals surface area contributed by atoms with Gasteiger partial charge in [0.25, 0.3) is 0 Å². The molecule has 1 aliphatic rings. The monoisotopic (exact) mass is 271 g/mol. The molecular formula is C11H17N3O3S. The Bertz CT molecular complexity index is 498. The second-order valence-electron chi connectivity index (χ2n) is 4.29. The molecule has 0 aromatic carbocycles. The number of pyridine rings is 1. The van der Waals surface area contributed by atoms with Crippen LogP contribution < -0.4 is 10.5 Å². The van der Waals surface area contributed by atoms with Gasteiger partial charge in [0.05, 0.1) is 0 Å². The first-order chi connectivity index (χ1) is 8.59. The molecular weight excluding hydrogens is 254 g/mol. The second kappa shape index (κ2) is 5.64. The molecule has 0 unspecified atom stereocenters. The van der Waals surface area contributed by atoms with Crippen molar-refractivity contribution in [1.29, 1.82) is 0 Å². The van der Waals surface area contributed by atoms with Crippen molar-refractivity contribution in [3.05, 3.63) is 18.3 Å². The number of hydrogen-bond acceptors (Lipinski definition) is 5. The summed E-state index contributed by atoms with van der Waals surface area (Å²) >= 11 is 0. The van der Waals surface area contributed by atoms with E-state index in [0.29, 0.717) is 25.7 Å². The van der Waals surface area contributed by atoms with Crippen molar-refractivity contribution in [1.82, 2.24) is 9.71 Å². The van der Waals surface area contributed by atoms with E-state index in [4.69, 9.17) is 10.5 Å². The van der Waals surface area contributed by atoms with Crippen molar-refractivity contribution in [3.8, 4) is 0 Å². The number of anilines is 1. The average Bonchev–Trinajstić information content (AvgIpc) is 2.38. The van der Waals surface area contributed by atoms with Gasteiger partial charge in [-0.15, -0.1) is 0 Å². The van der Waals surface area contributed by atoms with E-state index in [2.05, 4.69) is 9.71 Å². The fourth-order valence-electron chi connectivity index (χ4n) is 1.89. The Hall–Kier alpha value is -1.18. The number of ether oxygens (including phenoxy) is 1. The molecule has 1 aliphatic heterocycles. The maximum absolute atomic E-state index is 12.0. The van der Waals surface area contributed by atoms with Gasteiger partial charge in [0.2, 0.25) is 10.0 Å². The van der Waals surface area contributed by atoms with Crippen LogP contribution in [0.1, 0.15) is 12.8 Å². The van der Waals surface area contributed by atoms with Crippen molar-refractivity contribution in [2.24, 2.45) is 5.92 Å². The molecule has 1 saturated heterocycles. The van der Waals surface area contributed by atoms with E-state index in [1.54, 1.807) is 6.07 Å². The van der Waals surface area contributed by atoms with Crippen molar-refractivity contribution >= 4 is 15.8 Å². The van der Waals surface area contributed by atoms with Gasteiger partial charge in [0.15, 0.2) is 0 Å². The zero-order valence-electron chi connectivity index (χ0n) is 10.0. The molecule has 1 fully saturated rings. The van der Waals surface area contributed by atoms with E-state index in [9.17, 15) is 8.42 Å². The standard InChI is InChI=1S/C11H17N3O3S/c12-11-10(2-1-5-13-11)18(15,16)14-8-9-3-6-17-7-4-9/h1-2,5,9,14H,3-4,6-8H2,(H2,12,13). The van der Waals surface area contributed by atoms with E-state index >= 15 is 0 Å². The van der Waals surface area contributed by atoms with Gasteiger partial charge in [-0.05, 0) is 30.9 Å². The maximum atomic E-state index is 12.0. The molecule has 0 aliphatic carbocycles. The Labute approximate surface area is 107 Å². The third kappa shape index (κ3) is 3.18. The first-order valence-electron chi connectivity index (χ1n) is 5.87. The quantitative estimate of drug-likeness (QED) is 0.825. The SMILES string of the molecule is Nc1ncccc1S(=O)(=O)NCC1CCOCC1. The summed E-state index contributed by atoms with van der Waals surface area (Å²) in [4.78, 5) is 3.82. The van der Waals surface area contributed by atoms with Crippen LogP contribution in [0.5, 0.6) is 0 Å². The Morgan fingerprint density at radius 3 is 2.83 bits per heavy atom. The Morgan fingerprint density at radius 1 is 1.44 bits per heavy atom. The van der Waals surface area contributed by atoms with Crippen LogP contribution in [0, 0.1) is 5.92 Å². The van der Waals surface area contributed by atoms with Crippen molar-refractivity contribution in [3.63, 3.8) is 0 Å². The maximum Gasteiger partial charge on any atom is 0.244 e. The molecule has 0 saturated carbocycles. The van der Waals surface area contributed by atoms with Gasteiger partial charge in [-0.25, -0.2) is 18.1 Å². The lowest BCUT2D eigenvalue weighted by molar-refractivity contribution is 0.0678. The molecule has 2 heterocycles. The zero-order valence-corrected chi connectivity index (χ0v) is 10.8. The molecule has 0 radical (unpaired) electrons. The Kier molecular flexibility index (Phi) is 4.15. The fraction of sp³-hybridized carbons (Fsp3) is 0.545. The number of sulfonamides is 1. The average molecular weight is 271 g/mol. The molecule has 100 valence electrons. The van der Waals surface area contributed by atoms with Gasteiger partial charge in [-0.2, -0.15) is 0 Å². The summed E-state index contributed by atoms with van der Waals surface area (Å²) in [6, 6.07) is 3.01. The summed E-state index contributed by atoms with van der Waals surface area (Å²) in [7, 11) is -3.57. The topological polar surface area (TPSA) is 94.3 Å². The molecule has 1 aromatic heterocycles. The molecule has 0 atom stereocenters. The minimum atomic E-state index is -3.57. The largest absolute Gasteiger partial charge is 0.383 e. The van der Waals surface area contributed by atoms with Crippen LogP contribution in [0.25, 0.3) is 0 Å². The minimum Gasteiger partial charge on any atom is -0.383 e. The van der Waals surface area contributed by atoms with Crippen LogP contribution >= 0.6 is 0 Å². The molecule has 18 heavy (non-hydrogen) atoms. The third-order valence-electron chi connectivity index (χ3n) is 2.99. The highest BCUT2D eigenvalue weighted by Crippen LogP contribution is 2.17. The Morgan fingerprint density at radius 2 is 2.17 bits per heavy atom. The number of nitrogens with zero attached hydrogens (tertiary/aromatic N) is 1. The van der Waals surface area contributed by atoms with Crippen LogP contribution in [0.2, 0.25) is 0 Å². The van der Waals surface area contributed by atoms with Crippen LogP contribution in [0.15, 0.2) is 23.2 Å². The van der Waals surface area contributed by atoms with E-state index in [-0.39, 0.29) is 10.7 Å². The molecule has 0 bridgehead atoms. The highest BCUT2D eigenvalue weighted by molar-refractivity contribution is 7.89. The summed E-state index contributed by atoms with van der Waals surface area (Å²) in [6.45, 7) is 1.81. The zero-order chi connectivity index (χ0) is 13.0. The van der Waals surface area contributed by atoms with E-state index < -0.39 is 10.0 Å². The fourth-order valence-corrected chi connectivity index (χ4v) is 3.08. The highest BCUT2D eigenvalue weighted by Gasteiger charge is 2.21. The molecule has 3 N–H and O–H groups in total. The van der Waals surface area contributed by atoms with E-state index in [1.165, 1.54) is 12.3 Å². The summed E-state index contributed by atoms with van der Waals surface area (Å²) in [5, 5.41) is 0. The number of rotatable bonds is 4. The van der Waals surface area contributed by atoms with E-state index in [1.807, 2.05) is 0 Å². The van der Waals surface area contributed by atoms with E-state index in [0.717, 1.165) is 12.8 Å². The highest BCUT2D eigenvalue weighted by atomic mass is 32.2. The Balaban J connectivity index is 2.01. The first-order valence-corrected chi connectivity index (χ1v) is 7.36. The normalized spacial score (nSPS) is 17.8. The number of nitrogens with one attached hydrogen (secondary N) is 1. The van der Waals surface area contributed by atoms with Gasteiger partial charge in [-0.1, -0.05) is 0 Å². The van der Waals surface area contributed by atoms with Crippen molar-refractivity contribution in [2.45, 2.75) is 17.7 Å². The summed E-state index contributed by atoms with van der Waals surface area (Å²) in [5.74, 6) is 0.350. The van der Waals surface area contributed by atoms with Crippen LogP contribution in [-0.4, -0.2) is 33.2 Å². The van der Waals surface area contributed by atoms with Crippen LogP contribution in [0.4, 0.5) is 5.82 Å². The van der Waals surface area contributed by atoms with Crippen molar-refractivity contribution in [2.75, 3.05) is 25.5 Å². The van der Waals surface area contributed by atoms with Gasteiger partial charge in [0, 0.05) is 26.0 Å². The van der Waals surface area contributed by atoms with Gasteiger partial charge < -0.3 is 10.5 Å². The summed E-state index contributed by atoms with van der Waals surface area (Å²) in [5.41, 5.74) is 5.57. The smallest absolute Gasteiger partial charge is 0.244 e. The van der Waals surface area contributed by atoms with Gasteiger partial charge in [-0.3, -0.25) is 0 Å². The van der Waals surface area contributed by atoms with Crippen LogP contribution in [-0.2, 0) is 14.8 Å². The molecule has 2 rings (SSSR count). The number of hydrogen-bond donors (Lipinski definition) is 2. The first kappa shape index (κ1) is 13.3. The molecule has 6 nitrogen and oxygen atoms in total. The minimum absolute atomic E-state index is 0.0250. The second-order valence-corrected chi connectivity index (χ2v) is 6.03. The molecule has 0 spiro atoms. The number of nitrogen functional groups attached to an aromatic ring is 1. The summed E-state index contributed by atoms with van der Waals surface area (Å²) in [6.07, 6.45) is 3.23. The third-order valence-corrected chi connectivity index (χ3v) is 4.46. The molecule has 7 heteroatoms. The molecule has 1 aromatic rings. The summed E-state index contributed by atoms with van der Waals surface area (Å²) < 4.78 is 31.9. The predicted octanol–water partition coefficient (Wildman–Crippen LogP) is 0.369. The molecule has 0 amide bonds.